The summed E-state index contributed by atoms with van der Waals surface area (Å²) in [5, 5.41) is 10.9. The van der Waals surface area contributed by atoms with Crippen LogP contribution < -0.4 is 20.8 Å². The Hall–Kier alpha value is -2.79. The fourth-order valence-electron chi connectivity index (χ4n) is 3.42. The number of hydrogen-bond acceptors (Lipinski definition) is 6. The lowest BCUT2D eigenvalue weighted by molar-refractivity contribution is 0.235. The minimum absolute atomic E-state index is 0.204. The van der Waals surface area contributed by atoms with Crippen molar-refractivity contribution < 1.29 is 8.42 Å². The number of nitrogens with zero attached hydrogens (tertiary/aromatic N) is 2. The number of pyridine rings is 2. The largest absolute Gasteiger partial charge is 0.355 e. The maximum absolute atomic E-state index is 11.5. The van der Waals surface area contributed by atoms with E-state index in [1.807, 2.05) is 24.3 Å². The van der Waals surface area contributed by atoms with E-state index in [2.05, 4.69) is 20.1 Å². The van der Waals surface area contributed by atoms with Gasteiger partial charge in [0, 0.05) is 36.4 Å². The number of aromatic nitrogens is 2. The fourth-order valence-corrected chi connectivity index (χ4v) is 3.94. The zero-order chi connectivity index (χ0) is 19.7. The maximum atomic E-state index is 11.5. The van der Waals surface area contributed by atoms with Crippen molar-refractivity contribution in [2.45, 2.75) is 19.4 Å². The predicted molar refractivity (Wildman–Crippen MR) is 107 cm³/mol. The average molecular weight is 400 g/mol. The summed E-state index contributed by atoms with van der Waals surface area (Å²) in [6.45, 7) is 1.00. The van der Waals surface area contributed by atoms with Gasteiger partial charge >= 0.3 is 0 Å². The van der Waals surface area contributed by atoms with E-state index in [1.165, 1.54) is 11.6 Å². The van der Waals surface area contributed by atoms with Crippen molar-refractivity contribution in [2.24, 2.45) is 5.14 Å². The molecule has 4 rings (SSSR count). The van der Waals surface area contributed by atoms with Crippen molar-refractivity contribution in [2.75, 3.05) is 11.9 Å². The van der Waals surface area contributed by atoms with Crippen molar-refractivity contribution in [3.05, 3.63) is 64.1 Å². The molecule has 3 heterocycles. The molecule has 10 heteroatoms. The second kappa shape index (κ2) is 7.32. The molecule has 0 saturated carbocycles. The predicted octanol–water partition coefficient (Wildman–Crippen LogP) is 1.12. The molecular formula is C18H20N6O3S. The number of fused-ring (bicyclic) bond motifs is 2. The second-order valence-electron chi connectivity index (χ2n) is 6.71. The highest BCUT2D eigenvalue weighted by Crippen LogP contribution is 2.27. The molecule has 5 N–H and O–H groups in total. The number of rotatable bonds is 4. The molecule has 0 bridgehead atoms. The zero-order valence-electron chi connectivity index (χ0n) is 15.0. The number of hydrazine groups is 1. The lowest BCUT2D eigenvalue weighted by Crippen LogP contribution is -2.45. The number of nitrogens with two attached hydrogens (primary N) is 1. The van der Waals surface area contributed by atoms with Gasteiger partial charge in [0.25, 0.3) is 10.2 Å². The minimum atomic E-state index is -3.80. The van der Waals surface area contributed by atoms with Gasteiger partial charge in [0.15, 0.2) is 0 Å². The maximum Gasteiger partial charge on any atom is 0.287 e. The van der Waals surface area contributed by atoms with Crippen molar-refractivity contribution >= 4 is 32.6 Å². The molecule has 0 unspecified atom stereocenters. The summed E-state index contributed by atoms with van der Waals surface area (Å²) < 4.78 is 22.7. The smallest absolute Gasteiger partial charge is 0.287 e. The highest BCUT2D eigenvalue weighted by atomic mass is 32.2. The van der Waals surface area contributed by atoms with Crippen LogP contribution in [0, 0.1) is 0 Å². The van der Waals surface area contributed by atoms with Gasteiger partial charge in [-0.05, 0) is 48.2 Å². The summed E-state index contributed by atoms with van der Waals surface area (Å²) in [5.74, 6) is 0. The van der Waals surface area contributed by atoms with E-state index in [9.17, 15) is 13.2 Å². The van der Waals surface area contributed by atoms with Gasteiger partial charge in [-0.15, -0.1) is 4.83 Å². The van der Waals surface area contributed by atoms with E-state index < -0.39 is 10.2 Å². The van der Waals surface area contributed by atoms with Crippen LogP contribution in [-0.2, 0) is 23.2 Å². The van der Waals surface area contributed by atoms with Gasteiger partial charge < -0.3 is 10.3 Å². The Balaban J connectivity index is 1.64. The molecule has 3 aromatic rings. The third kappa shape index (κ3) is 4.20. The summed E-state index contributed by atoms with van der Waals surface area (Å²) in [6, 6.07) is 11.0. The Morgan fingerprint density at radius 2 is 2.00 bits per heavy atom. The van der Waals surface area contributed by atoms with Crippen molar-refractivity contribution in [1.82, 2.24) is 19.8 Å². The molecule has 0 spiro atoms. The van der Waals surface area contributed by atoms with Gasteiger partial charge in [0.2, 0.25) is 5.56 Å². The molecule has 1 aliphatic heterocycles. The first-order valence-corrected chi connectivity index (χ1v) is 10.3. The Morgan fingerprint density at radius 3 is 2.82 bits per heavy atom. The molecule has 0 atom stereocenters. The quantitative estimate of drug-likeness (QED) is 0.519. The van der Waals surface area contributed by atoms with E-state index in [4.69, 9.17) is 5.14 Å². The number of benzene rings is 1. The highest BCUT2D eigenvalue weighted by molar-refractivity contribution is 7.87. The first-order valence-electron chi connectivity index (χ1n) is 8.79. The number of nitrogens with one attached hydrogen (secondary N) is 3. The van der Waals surface area contributed by atoms with Crippen LogP contribution in [-0.4, -0.2) is 29.9 Å². The first-order chi connectivity index (χ1) is 13.4. The number of aryl methyl sites for hydroxylation is 1. The van der Waals surface area contributed by atoms with Crippen molar-refractivity contribution in [3.8, 4) is 0 Å². The van der Waals surface area contributed by atoms with E-state index in [-0.39, 0.29) is 5.56 Å². The molecule has 9 nitrogen and oxygen atoms in total. The van der Waals surface area contributed by atoms with Crippen LogP contribution in [0.4, 0.5) is 11.4 Å². The molecule has 2 aromatic heterocycles. The summed E-state index contributed by atoms with van der Waals surface area (Å²) in [4.78, 5) is 20.8. The lowest BCUT2D eigenvalue weighted by atomic mass is 10.0. The molecule has 28 heavy (non-hydrogen) atoms. The molecule has 1 aromatic carbocycles. The molecule has 146 valence electrons. The monoisotopic (exact) mass is 400 g/mol. The van der Waals surface area contributed by atoms with Gasteiger partial charge in [-0.25, -0.2) is 15.1 Å². The molecule has 0 saturated heterocycles. The van der Waals surface area contributed by atoms with E-state index in [0.717, 1.165) is 35.2 Å². The van der Waals surface area contributed by atoms with Gasteiger partial charge in [0.1, 0.15) is 5.65 Å². The minimum Gasteiger partial charge on any atom is -0.355 e. The molecule has 0 radical (unpaired) electrons. The molecule has 0 aliphatic carbocycles. The van der Waals surface area contributed by atoms with Gasteiger partial charge in [-0.3, -0.25) is 4.79 Å². The van der Waals surface area contributed by atoms with Gasteiger partial charge in [-0.1, -0.05) is 6.07 Å². The lowest BCUT2D eigenvalue weighted by Gasteiger charge is -2.20. The Morgan fingerprint density at radius 1 is 1.14 bits per heavy atom. The Kier molecular flexibility index (Phi) is 4.85. The molecular weight excluding hydrogens is 380 g/mol. The number of anilines is 2. The van der Waals surface area contributed by atoms with E-state index in [0.29, 0.717) is 18.7 Å². The van der Waals surface area contributed by atoms with Crippen molar-refractivity contribution in [3.63, 3.8) is 0 Å². The summed E-state index contributed by atoms with van der Waals surface area (Å²) in [5.41, 5.74) is 4.17. The normalized spacial score (nSPS) is 15.2. The fraction of sp³-hybridized carbons (Fsp3) is 0.222. The molecule has 0 amide bonds. The number of H-pyrrole nitrogens is 1. The Labute approximate surface area is 161 Å². The van der Waals surface area contributed by atoms with Crippen LogP contribution in [0.3, 0.4) is 0 Å². The van der Waals surface area contributed by atoms with Gasteiger partial charge in [-0.2, -0.15) is 8.42 Å². The van der Waals surface area contributed by atoms with Crippen LogP contribution in [0.1, 0.15) is 17.5 Å². The van der Waals surface area contributed by atoms with Crippen LogP contribution in [0.5, 0.6) is 0 Å². The highest BCUT2D eigenvalue weighted by Gasteiger charge is 2.18. The SMILES string of the molecule is NS(=O)(=O)NN1CCCc2ccc(Nc3ccnc4[nH]c(=O)ccc34)cc2C1. The summed E-state index contributed by atoms with van der Waals surface area (Å²) >= 11 is 0. The third-order valence-electron chi connectivity index (χ3n) is 4.61. The standard InChI is InChI=1S/C18H20N6O3S/c19-28(26,27)23-24-9-1-2-12-3-4-14(10-13(12)11-24)21-16-7-8-20-18-15(16)5-6-17(25)22-18/h3-8,10,23H,1-2,9,11H2,(H2,19,26,27)(H2,20,21,22,25). The third-order valence-corrected chi connectivity index (χ3v) is 5.12. The van der Waals surface area contributed by atoms with Crippen LogP contribution in [0.15, 0.2) is 47.4 Å². The van der Waals surface area contributed by atoms with E-state index >= 15 is 0 Å². The summed E-state index contributed by atoms with van der Waals surface area (Å²) in [7, 11) is -3.80. The number of hydrogen-bond donors (Lipinski definition) is 4. The Bertz CT molecular complexity index is 1190. The number of aromatic amines is 1. The van der Waals surface area contributed by atoms with Crippen LogP contribution >= 0.6 is 0 Å². The topological polar surface area (TPSA) is 133 Å². The van der Waals surface area contributed by atoms with Crippen molar-refractivity contribution in [1.29, 1.82) is 0 Å². The summed E-state index contributed by atoms with van der Waals surface area (Å²) in [6.07, 6.45) is 3.31. The molecule has 1 aliphatic rings. The average Bonchev–Trinajstić information content (AvgIpc) is 2.81. The van der Waals surface area contributed by atoms with E-state index in [1.54, 1.807) is 17.3 Å². The van der Waals surface area contributed by atoms with Crippen LogP contribution in [0.2, 0.25) is 0 Å². The molecule has 0 fully saturated rings. The first kappa shape index (κ1) is 18.6. The van der Waals surface area contributed by atoms with Crippen LogP contribution in [0.25, 0.3) is 11.0 Å². The zero-order valence-corrected chi connectivity index (χ0v) is 15.8. The van der Waals surface area contributed by atoms with Gasteiger partial charge in [0.05, 0.1) is 5.69 Å². The second-order valence-corrected chi connectivity index (χ2v) is 7.99.